The van der Waals surface area contributed by atoms with Crippen LogP contribution in [-0.2, 0) is 9.47 Å². The van der Waals surface area contributed by atoms with Crippen molar-refractivity contribution in [2.75, 3.05) is 0 Å². The lowest BCUT2D eigenvalue weighted by Gasteiger charge is -2.64. The van der Waals surface area contributed by atoms with Crippen molar-refractivity contribution in [2.45, 2.75) is 135 Å². The maximum absolute atomic E-state index is 12.5. The van der Waals surface area contributed by atoms with Crippen LogP contribution < -0.4 is 0 Å². The Morgan fingerprint density at radius 3 is 2.19 bits per heavy atom. The fourth-order valence-corrected chi connectivity index (χ4v) is 12.7. The van der Waals surface area contributed by atoms with Gasteiger partial charge in [-0.15, -0.1) is 0 Å². The molecule has 7 rings (SSSR count). The van der Waals surface area contributed by atoms with Gasteiger partial charge in [0.1, 0.15) is 12.2 Å². The van der Waals surface area contributed by atoms with Crippen LogP contribution in [-0.4, -0.2) is 62.3 Å². The lowest BCUT2D eigenvalue weighted by Crippen LogP contribution is -2.62. The van der Waals surface area contributed by atoms with E-state index in [9.17, 15) is 20.4 Å². The molecular formula is C30H48O6. The maximum atomic E-state index is 12.5. The number of aliphatic hydroxyl groups excluding tert-OH is 3. The van der Waals surface area contributed by atoms with Crippen LogP contribution in [0.1, 0.15) is 93.4 Å². The molecule has 14 atom stereocenters. The predicted molar refractivity (Wildman–Crippen MR) is 134 cm³/mol. The standard InChI is InChI=1S/C30H48O6/c1-15-12-16-22(25(4,5)34)36-30(35-16)21(15)26(6)10-11-28-14-29(28)17(24(2,3)19(31)13-20(29)32)8-9-18(28)27(26,7)23(30)33/h15-23,31-34H,8-14H2,1-7H3/t15-,16?,17+,18+,19+,20-,21-,22-,23-,26-,27-,28+,29-,30+/m1/s1. The third kappa shape index (κ3) is 2.29. The molecule has 5 saturated carbocycles. The predicted octanol–water partition coefficient (Wildman–Crippen LogP) is 3.63. The minimum Gasteiger partial charge on any atom is -0.392 e. The Morgan fingerprint density at radius 1 is 0.861 bits per heavy atom. The highest BCUT2D eigenvalue weighted by Gasteiger charge is 2.89. The van der Waals surface area contributed by atoms with E-state index in [-0.39, 0.29) is 39.6 Å². The quantitative estimate of drug-likeness (QED) is 0.435. The van der Waals surface area contributed by atoms with Crippen molar-refractivity contribution in [2.24, 2.45) is 50.7 Å². The van der Waals surface area contributed by atoms with Crippen molar-refractivity contribution in [3.05, 3.63) is 0 Å². The first-order chi connectivity index (χ1) is 16.5. The fraction of sp³-hybridized carbons (Fsp3) is 1.00. The molecule has 7 fully saturated rings. The average molecular weight is 505 g/mol. The van der Waals surface area contributed by atoms with Crippen molar-refractivity contribution >= 4 is 0 Å². The van der Waals surface area contributed by atoms with Gasteiger partial charge in [0.25, 0.3) is 0 Å². The van der Waals surface area contributed by atoms with Gasteiger partial charge in [0.2, 0.25) is 0 Å². The summed E-state index contributed by atoms with van der Waals surface area (Å²) in [5, 5.41) is 45.9. The number of ether oxygens (including phenoxy) is 2. The Hall–Kier alpha value is -0.240. The van der Waals surface area contributed by atoms with Crippen LogP contribution in [0, 0.1) is 50.7 Å². The number of fused-ring (bicyclic) bond motifs is 4. The molecule has 1 unspecified atom stereocenters. The lowest BCUT2D eigenvalue weighted by atomic mass is 9.41. The Bertz CT molecular complexity index is 990. The van der Waals surface area contributed by atoms with E-state index in [1.807, 2.05) is 0 Å². The highest BCUT2D eigenvalue weighted by Crippen LogP contribution is 2.90. The first-order valence-electron chi connectivity index (χ1n) is 14.7. The maximum Gasteiger partial charge on any atom is 0.199 e. The Kier molecular flexibility index (Phi) is 4.51. The molecule has 0 aromatic heterocycles. The molecule has 0 radical (unpaired) electrons. The molecule has 0 amide bonds. The number of rotatable bonds is 1. The van der Waals surface area contributed by atoms with E-state index >= 15 is 0 Å². The van der Waals surface area contributed by atoms with E-state index in [4.69, 9.17) is 9.47 Å². The van der Waals surface area contributed by atoms with Crippen LogP contribution in [0.5, 0.6) is 0 Å². The fourth-order valence-electron chi connectivity index (χ4n) is 12.7. The normalized spacial score (nSPS) is 64.6. The molecule has 6 heteroatoms. The third-order valence-electron chi connectivity index (χ3n) is 14.2. The summed E-state index contributed by atoms with van der Waals surface area (Å²) >= 11 is 0. The highest BCUT2D eigenvalue weighted by atomic mass is 16.8. The van der Waals surface area contributed by atoms with E-state index in [2.05, 4.69) is 34.6 Å². The molecule has 2 bridgehead atoms. The van der Waals surface area contributed by atoms with Crippen molar-refractivity contribution in [3.8, 4) is 0 Å². The second-order valence-electron chi connectivity index (χ2n) is 16.0. The third-order valence-corrected chi connectivity index (χ3v) is 14.2. The molecule has 2 aliphatic heterocycles. The van der Waals surface area contributed by atoms with Crippen molar-refractivity contribution in [3.63, 3.8) is 0 Å². The highest BCUT2D eigenvalue weighted by molar-refractivity contribution is 5.35. The van der Waals surface area contributed by atoms with E-state index in [1.54, 1.807) is 13.8 Å². The van der Waals surface area contributed by atoms with Gasteiger partial charge in [-0.2, -0.15) is 0 Å². The zero-order valence-corrected chi connectivity index (χ0v) is 23.3. The first-order valence-corrected chi connectivity index (χ1v) is 14.7. The van der Waals surface area contributed by atoms with Crippen LogP contribution in [0.2, 0.25) is 0 Å². The largest absolute Gasteiger partial charge is 0.392 e. The number of hydrogen-bond donors (Lipinski definition) is 4. The van der Waals surface area contributed by atoms with E-state index in [0.717, 1.165) is 38.5 Å². The van der Waals surface area contributed by atoms with Crippen LogP contribution in [0.25, 0.3) is 0 Å². The van der Waals surface area contributed by atoms with Gasteiger partial charge in [0.15, 0.2) is 5.79 Å². The van der Waals surface area contributed by atoms with Crippen LogP contribution in [0.4, 0.5) is 0 Å². The van der Waals surface area contributed by atoms with Crippen molar-refractivity contribution in [1.29, 1.82) is 0 Å². The molecule has 0 aromatic rings. The van der Waals surface area contributed by atoms with Gasteiger partial charge in [-0.1, -0.05) is 34.6 Å². The molecule has 5 aliphatic carbocycles. The van der Waals surface area contributed by atoms with Crippen LogP contribution >= 0.6 is 0 Å². The Balaban J connectivity index is 1.34. The number of hydrogen-bond acceptors (Lipinski definition) is 6. The average Bonchev–Trinajstić information content (AvgIpc) is 3.32. The molecular weight excluding hydrogens is 456 g/mol. The summed E-state index contributed by atoms with van der Waals surface area (Å²) in [6, 6.07) is 0. The second-order valence-corrected chi connectivity index (χ2v) is 16.0. The summed E-state index contributed by atoms with van der Waals surface area (Å²) < 4.78 is 13.5. The van der Waals surface area contributed by atoms with E-state index < -0.39 is 41.2 Å². The van der Waals surface area contributed by atoms with Gasteiger partial charge >= 0.3 is 0 Å². The van der Waals surface area contributed by atoms with Gasteiger partial charge in [0.05, 0.1) is 23.9 Å². The summed E-state index contributed by atoms with van der Waals surface area (Å²) in [7, 11) is 0. The zero-order chi connectivity index (χ0) is 26.1. The lowest BCUT2D eigenvalue weighted by molar-refractivity contribution is -0.282. The molecule has 204 valence electrons. The van der Waals surface area contributed by atoms with Crippen molar-refractivity contribution < 1.29 is 29.9 Å². The molecule has 0 aromatic carbocycles. The SMILES string of the molecule is C[C@@H]1CC2O[C@@]3(O[C@H]2C(C)(C)O)[C@H](O)[C@@]2(C)[C@@H]4CC[C@H]5C(C)(C)[C@@H](O)C[C@@H](O)[C@@]56C[C@@]46CC[C@]2(C)[C@@H]13. The second kappa shape index (κ2) is 6.55. The summed E-state index contributed by atoms with van der Waals surface area (Å²) in [6.45, 7) is 15.0. The molecule has 2 saturated heterocycles. The zero-order valence-electron chi connectivity index (χ0n) is 23.3. The van der Waals surface area contributed by atoms with E-state index in [1.165, 1.54) is 0 Å². The Morgan fingerprint density at radius 2 is 1.53 bits per heavy atom. The smallest absolute Gasteiger partial charge is 0.199 e. The van der Waals surface area contributed by atoms with Gasteiger partial charge in [-0.3, -0.25) is 0 Å². The molecule has 36 heavy (non-hydrogen) atoms. The molecule has 6 nitrogen and oxygen atoms in total. The molecule has 7 aliphatic rings. The summed E-state index contributed by atoms with van der Waals surface area (Å²) in [5.41, 5.74) is -1.99. The minimum absolute atomic E-state index is 0.00299. The molecule has 4 N–H and O–H groups in total. The van der Waals surface area contributed by atoms with Crippen LogP contribution in [0.15, 0.2) is 0 Å². The first kappa shape index (κ1) is 24.8. The minimum atomic E-state index is -1.08. The number of aliphatic hydroxyl groups is 4. The topological polar surface area (TPSA) is 99.4 Å². The monoisotopic (exact) mass is 504 g/mol. The van der Waals surface area contributed by atoms with E-state index in [0.29, 0.717) is 18.3 Å². The molecule has 3 spiro atoms. The summed E-state index contributed by atoms with van der Waals surface area (Å²) in [5.74, 6) is -0.122. The Labute approximate surface area is 216 Å². The van der Waals surface area contributed by atoms with Gasteiger partial charge in [-0.25, -0.2) is 0 Å². The van der Waals surface area contributed by atoms with Gasteiger partial charge in [-0.05, 0) is 86.4 Å². The summed E-state index contributed by atoms with van der Waals surface area (Å²) in [6.07, 6.45) is 3.94. The molecule has 2 heterocycles. The van der Waals surface area contributed by atoms with Crippen molar-refractivity contribution in [1.82, 2.24) is 0 Å². The summed E-state index contributed by atoms with van der Waals surface area (Å²) in [4.78, 5) is 0. The van der Waals surface area contributed by atoms with Crippen LogP contribution in [0.3, 0.4) is 0 Å². The van der Waals surface area contributed by atoms with Gasteiger partial charge in [0, 0.05) is 23.2 Å². The van der Waals surface area contributed by atoms with Gasteiger partial charge < -0.3 is 29.9 Å².